The third-order valence-corrected chi connectivity index (χ3v) is 6.11. The minimum Gasteiger partial charge on any atom is -0.287 e. The maximum atomic E-state index is 12.4. The highest BCUT2D eigenvalue weighted by atomic mass is 32.1. The van der Waals surface area contributed by atoms with Crippen LogP contribution >= 0.6 is 36.6 Å². The molecule has 0 saturated carbocycles. The van der Waals surface area contributed by atoms with E-state index < -0.39 is 26.5 Å². The number of nitrogens with zero attached hydrogens (tertiary/aromatic N) is 2. The molecule has 0 N–H and O–H groups in total. The monoisotopic (exact) mass is 384 g/mol. The van der Waals surface area contributed by atoms with E-state index in [-0.39, 0.29) is 5.69 Å². The molecule has 1 aromatic carbocycles. The Morgan fingerprint density at radius 3 is 2.50 bits per heavy atom. The second-order valence-electron chi connectivity index (χ2n) is 5.36. The summed E-state index contributed by atoms with van der Waals surface area (Å²) in [5.74, 6) is -0.661. The minimum absolute atomic E-state index is 0.0469. The van der Waals surface area contributed by atoms with E-state index in [1.807, 2.05) is 0 Å². The van der Waals surface area contributed by atoms with E-state index in [1.54, 1.807) is 19.9 Å². The molecule has 0 aliphatic rings. The summed E-state index contributed by atoms with van der Waals surface area (Å²) in [7, 11) is 0. The number of thiazole rings is 1. The SMILES string of the molecule is CCC(C(=O)S)C(CC)(C(=O)S)c1nc2ccc([N+](=O)[O-])cc2s1. The lowest BCUT2D eigenvalue weighted by atomic mass is 9.73. The van der Waals surface area contributed by atoms with E-state index in [9.17, 15) is 19.7 Å². The zero-order chi connectivity index (χ0) is 18.1. The van der Waals surface area contributed by atoms with Gasteiger partial charge in [-0.25, -0.2) is 4.98 Å². The molecule has 0 bridgehead atoms. The second kappa shape index (κ2) is 7.20. The number of thiol groups is 2. The van der Waals surface area contributed by atoms with Gasteiger partial charge in [-0.15, -0.1) is 36.6 Å². The summed E-state index contributed by atoms with van der Waals surface area (Å²) in [6.45, 7) is 3.60. The molecule has 0 aliphatic carbocycles. The number of aromatic nitrogens is 1. The lowest BCUT2D eigenvalue weighted by Crippen LogP contribution is -2.43. The van der Waals surface area contributed by atoms with Crippen LogP contribution in [0.5, 0.6) is 0 Å². The molecule has 0 amide bonds. The predicted octanol–water partition coefficient (Wildman–Crippen LogP) is 3.79. The van der Waals surface area contributed by atoms with Crippen molar-refractivity contribution in [2.24, 2.45) is 5.92 Å². The van der Waals surface area contributed by atoms with Crippen LogP contribution in [-0.4, -0.2) is 20.1 Å². The summed E-state index contributed by atoms with van der Waals surface area (Å²) < 4.78 is 0.591. The molecule has 0 fully saturated rings. The van der Waals surface area contributed by atoms with Crippen molar-refractivity contribution in [3.05, 3.63) is 33.3 Å². The summed E-state index contributed by atoms with van der Waals surface area (Å²) in [6.07, 6.45) is 0.751. The van der Waals surface area contributed by atoms with Gasteiger partial charge in [-0.1, -0.05) is 13.8 Å². The third kappa shape index (κ3) is 3.07. The number of carbonyl (C=O) groups excluding carboxylic acids is 2. The van der Waals surface area contributed by atoms with Crippen LogP contribution in [-0.2, 0) is 15.0 Å². The number of nitro groups is 1. The highest BCUT2D eigenvalue weighted by molar-refractivity contribution is 7.97. The van der Waals surface area contributed by atoms with Crippen molar-refractivity contribution in [2.75, 3.05) is 0 Å². The normalized spacial score (nSPS) is 15.0. The Morgan fingerprint density at radius 1 is 1.38 bits per heavy atom. The summed E-state index contributed by atoms with van der Waals surface area (Å²) in [5.41, 5.74) is -0.682. The van der Waals surface area contributed by atoms with Crippen LogP contribution in [0.3, 0.4) is 0 Å². The number of hydrogen-bond donors (Lipinski definition) is 2. The van der Waals surface area contributed by atoms with Crippen molar-refractivity contribution in [1.82, 2.24) is 4.98 Å². The number of hydrogen-bond acceptors (Lipinski definition) is 6. The topological polar surface area (TPSA) is 90.2 Å². The van der Waals surface area contributed by atoms with E-state index in [0.717, 1.165) is 0 Å². The van der Waals surface area contributed by atoms with Crippen LogP contribution in [0.1, 0.15) is 31.7 Å². The molecule has 0 saturated heterocycles. The van der Waals surface area contributed by atoms with E-state index >= 15 is 0 Å². The van der Waals surface area contributed by atoms with Crippen molar-refractivity contribution >= 4 is 62.7 Å². The van der Waals surface area contributed by atoms with Gasteiger partial charge in [0.2, 0.25) is 0 Å². The first kappa shape index (κ1) is 18.9. The Balaban J connectivity index is 2.70. The Morgan fingerprint density at radius 2 is 2.04 bits per heavy atom. The van der Waals surface area contributed by atoms with Gasteiger partial charge in [0.1, 0.15) is 10.4 Å². The standard InChI is InChI=1S/C15H16N2O4S3/c1-3-9(12(18)22)15(4-2,14(19)23)13-16-10-6-5-8(17(20)21)7-11(10)24-13/h5-7,9H,3-4H2,1-2H3,(H,18,22)(H,19,23). The van der Waals surface area contributed by atoms with E-state index in [1.165, 1.54) is 23.5 Å². The summed E-state index contributed by atoms with van der Waals surface area (Å²) in [5, 5.41) is 10.5. The molecule has 2 unspecified atom stereocenters. The molecular weight excluding hydrogens is 368 g/mol. The summed E-state index contributed by atoms with van der Waals surface area (Å²) >= 11 is 9.14. The minimum atomic E-state index is -1.19. The molecular formula is C15H16N2O4S3. The fourth-order valence-electron chi connectivity index (χ4n) is 2.89. The number of nitro benzene ring substituents is 1. The van der Waals surface area contributed by atoms with Gasteiger partial charge in [-0.3, -0.25) is 19.7 Å². The fraction of sp³-hybridized carbons (Fsp3) is 0.400. The van der Waals surface area contributed by atoms with Gasteiger partial charge in [0.25, 0.3) is 5.69 Å². The van der Waals surface area contributed by atoms with Gasteiger partial charge >= 0.3 is 0 Å². The predicted molar refractivity (Wildman–Crippen MR) is 100 cm³/mol. The molecule has 0 aliphatic heterocycles. The summed E-state index contributed by atoms with van der Waals surface area (Å²) in [6, 6.07) is 4.33. The van der Waals surface area contributed by atoms with E-state index in [0.29, 0.717) is 28.1 Å². The first-order valence-corrected chi connectivity index (χ1v) is 9.00. The van der Waals surface area contributed by atoms with Crippen LogP contribution in [0.25, 0.3) is 10.2 Å². The van der Waals surface area contributed by atoms with Crippen molar-refractivity contribution in [2.45, 2.75) is 32.1 Å². The average molecular weight is 385 g/mol. The summed E-state index contributed by atoms with van der Waals surface area (Å²) in [4.78, 5) is 39.3. The molecule has 1 aromatic heterocycles. The van der Waals surface area contributed by atoms with Gasteiger partial charge in [-0.2, -0.15) is 0 Å². The molecule has 0 radical (unpaired) electrons. The highest BCUT2D eigenvalue weighted by Gasteiger charge is 2.48. The maximum absolute atomic E-state index is 12.4. The Bertz CT molecular complexity index is 820. The zero-order valence-corrected chi connectivity index (χ0v) is 15.7. The van der Waals surface area contributed by atoms with E-state index in [4.69, 9.17) is 0 Å². The van der Waals surface area contributed by atoms with Gasteiger partial charge in [0.05, 0.1) is 15.1 Å². The second-order valence-corrected chi connectivity index (χ2v) is 7.23. The molecule has 2 aromatic rings. The van der Waals surface area contributed by atoms with Gasteiger partial charge in [0, 0.05) is 18.1 Å². The van der Waals surface area contributed by atoms with Gasteiger partial charge < -0.3 is 0 Å². The Kier molecular flexibility index (Phi) is 5.67. The highest BCUT2D eigenvalue weighted by Crippen LogP contribution is 2.44. The van der Waals surface area contributed by atoms with Crippen molar-refractivity contribution < 1.29 is 14.5 Å². The largest absolute Gasteiger partial charge is 0.287 e. The fourth-order valence-corrected chi connectivity index (χ4v) is 5.10. The first-order chi connectivity index (χ1) is 11.3. The molecule has 2 rings (SSSR count). The molecule has 128 valence electrons. The molecule has 9 heteroatoms. The number of benzene rings is 1. The third-order valence-electron chi connectivity index (χ3n) is 4.20. The zero-order valence-electron chi connectivity index (χ0n) is 13.1. The maximum Gasteiger partial charge on any atom is 0.270 e. The smallest absolute Gasteiger partial charge is 0.270 e. The Labute approximate surface area is 153 Å². The lowest BCUT2D eigenvalue weighted by molar-refractivity contribution is -0.384. The average Bonchev–Trinajstić information content (AvgIpc) is 2.94. The molecule has 6 nitrogen and oxygen atoms in total. The molecule has 1 heterocycles. The number of fused-ring (bicyclic) bond motifs is 1. The molecule has 2 atom stereocenters. The molecule has 24 heavy (non-hydrogen) atoms. The van der Waals surface area contributed by atoms with Crippen molar-refractivity contribution in [3.8, 4) is 0 Å². The molecule has 0 spiro atoms. The van der Waals surface area contributed by atoms with Crippen LogP contribution in [0, 0.1) is 16.0 Å². The van der Waals surface area contributed by atoms with Crippen LogP contribution in [0.2, 0.25) is 0 Å². The number of non-ortho nitro benzene ring substituents is 1. The van der Waals surface area contributed by atoms with E-state index in [2.05, 4.69) is 30.2 Å². The van der Waals surface area contributed by atoms with Crippen molar-refractivity contribution in [3.63, 3.8) is 0 Å². The van der Waals surface area contributed by atoms with Gasteiger partial charge in [-0.05, 0) is 18.9 Å². The van der Waals surface area contributed by atoms with Gasteiger partial charge in [0.15, 0.2) is 10.2 Å². The van der Waals surface area contributed by atoms with Crippen molar-refractivity contribution in [1.29, 1.82) is 0 Å². The Hall–Kier alpha value is -1.45. The lowest BCUT2D eigenvalue weighted by Gasteiger charge is -2.33. The number of rotatable bonds is 7. The van der Waals surface area contributed by atoms with Crippen LogP contribution in [0.15, 0.2) is 18.2 Å². The first-order valence-electron chi connectivity index (χ1n) is 7.29. The quantitative estimate of drug-likeness (QED) is 0.431. The van der Waals surface area contributed by atoms with Crippen LogP contribution in [0.4, 0.5) is 5.69 Å². The number of carbonyl (C=O) groups is 2. The van der Waals surface area contributed by atoms with Crippen LogP contribution < -0.4 is 0 Å².